The number of nitrogens with zero attached hydrogens (tertiary/aromatic N) is 3. The highest BCUT2D eigenvalue weighted by Crippen LogP contribution is 2.22. The molecule has 1 amide bonds. The van der Waals surface area contributed by atoms with Crippen LogP contribution in [0.25, 0.3) is 0 Å². The first-order valence-electron chi connectivity index (χ1n) is 9.27. The number of nitrogen functional groups attached to an aromatic ring is 1. The molecule has 0 aliphatic carbocycles. The number of nitro benzene ring substituents is 1. The van der Waals surface area contributed by atoms with Crippen molar-refractivity contribution in [3.05, 3.63) is 58.1 Å². The third-order valence-corrected chi connectivity index (χ3v) is 4.86. The van der Waals surface area contributed by atoms with Gasteiger partial charge in [0, 0.05) is 44.0 Å². The van der Waals surface area contributed by atoms with Crippen molar-refractivity contribution in [3.63, 3.8) is 0 Å². The SMILES string of the molecule is COc1ccc(N2CCN(C(=O)COC(=O)c3ccc([N+](=O)[O-])cc3N)CC2)cc1. The third kappa shape index (κ3) is 4.77. The van der Waals surface area contributed by atoms with Crippen molar-refractivity contribution in [3.8, 4) is 5.75 Å². The van der Waals surface area contributed by atoms with E-state index in [9.17, 15) is 19.7 Å². The number of benzene rings is 2. The van der Waals surface area contributed by atoms with Crippen LogP contribution in [0.3, 0.4) is 0 Å². The zero-order valence-corrected chi connectivity index (χ0v) is 16.4. The van der Waals surface area contributed by atoms with Crippen LogP contribution >= 0.6 is 0 Å². The molecule has 1 heterocycles. The van der Waals surface area contributed by atoms with E-state index in [1.807, 2.05) is 24.3 Å². The van der Waals surface area contributed by atoms with Gasteiger partial charge in [-0.15, -0.1) is 0 Å². The van der Waals surface area contributed by atoms with Gasteiger partial charge >= 0.3 is 5.97 Å². The maximum absolute atomic E-state index is 12.4. The number of anilines is 2. The topological polar surface area (TPSA) is 128 Å². The second-order valence-electron chi connectivity index (χ2n) is 6.67. The summed E-state index contributed by atoms with van der Waals surface area (Å²) in [5.74, 6) is -0.325. The van der Waals surface area contributed by atoms with Crippen molar-refractivity contribution in [1.29, 1.82) is 0 Å². The third-order valence-electron chi connectivity index (χ3n) is 4.86. The lowest BCUT2D eigenvalue weighted by atomic mass is 10.1. The maximum atomic E-state index is 12.4. The average Bonchev–Trinajstić information content (AvgIpc) is 2.77. The molecule has 30 heavy (non-hydrogen) atoms. The molecule has 0 atom stereocenters. The summed E-state index contributed by atoms with van der Waals surface area (Å²) in [7, 11) is 1.61. The van der Waals surface area contributed by atoms with Crippen LogP contribution < -0.4 is 15.4 Å². The van der Waals surface area contributed by atoms with E-state index in [4.69, 9.17) is 15.2 Å². The first-order valence-corrected chi connectivity index (χ1v) is 9.27. The number of non-ortho nitro benzene ring substituents is 1. The van der Waals surface area contributed by atoms with Crippen LogP contribution in [0.15, 0.2) is 42.5 Å². The Hall–Kier alpha value is -3.82. The zero-order chi connectivity index (χ0) is 21.7. The number of ether oxygens (including phenoxy) is 2. The second kappa shape index (κ2) is 9.12. The highest BCUT2D eigenvalue weighted by atomic mass is 16.6. The molecule has 1 saturated heterocycles. The number of hydrogen-bond acceptors (Lipinski definition) is 8. The minimum atomic E-state index is -0.799. The van der Waals surface area contributed by atoms with Crippen LogP contribution in [0.5, 0.6) is 5.75 Å². The van der Waals surface area contributed by atoms with Gasteiger partial charge in [-0.2, -0.15) is 0 Å². The van der Waals surface area contributed by atoms with Gasteiger partial charge in [-0.1, -0.05) is 0 Å². The fourth-order valence-corrected chi connectivity index (χ4v) is 3.15. The molecule has 2 N–H and O–H groups in total. The van der Waals surface area contributed by atoms with Crippen LogP contribution in [-0.2, 0) is 9.53 Å². The van der Waals surface area contributed by atoms with E-state index in [0.29, 0.717) is 26.2 Å². The predicted octanol–water partition coefficient (Wildman–Crippen LogP) is 1.69. The van der Waals surface area contributed by atoms with Gasteiger partial charge in [0.15, 0.2) is 6.61 Å². The molecular formula is C20H22N4O6. The normalized spacial score (nSPS) is 13.6. The van der Waals surface area contributed by atoms with Crippen LogP contribution in [0.2, 0.25) is 0 Å². The molecule has 1 aliphatic heterocycles. The maximum Gasteiger partial charge on any atom is 0.340 e. The second-order valence-corrected chi connectivity index (χ2v) is 6.67. The van der Waals surface area contributed by atoms with Crippen LogP contribution in [0, 0.1) is 10.1 Å². The zero-order valence-electron chi connectivity index (χ0n) is 16.4. The monoisotopic (exact) mass is 414 g/mol. The Morgan fingerprint density at radius 3 is 2.33 bits per heavy atom. The van der Waals surface area contributed by atoms with Crippen LogP contribution in [-0.4, -0.2) is 61.6 Å². The minimum Gasteiger partial charge on any atom is -0.497 e. The highest BCUT2D eigenvalue weighted by molar-refractivity contribution is 5.96. The molecule has 0 unspecified atom stereocenters. The molecule has 1 aliphatic rings. The molecule has 158 valence electrons. The number of carbonyl (C=O) groups is 2. The Kier molecular flexibility index (Phi) is 6.35. The van der Waals surface area contributed by atoms with E-state index in [-0.39, 0.29) is 22.8 Å². The molecule has 0 aromatic heterocycles. The average molecular weight is 414 g/mol. The lowest BCUT2D eigenvalue weighted by Crippen LogP contribution is -2.49. The Morgan fingerprint density at radius 2 is 1.77 bits per heavy atom. The van der Waals surface area contributed by atoms with Gasteiger partial charge in [0.2, 0.25) is 0 Å². The summed E-state index contributed by atoms with van der Waals surface area (Å²) in [4.78, 5) is 38.5. The molecule has 2 aromatic carbocycles. The number of hydrogen-bond donors (Lipinski definition) is 1. The number of esters is 1. The molecule has 3 rings (SSSR count). The number of piperazine rings is 1. The van der Waals surface area contributed by atoms with Crippen LogP contribution in [0.4, 0.5) is 17.1 Å². The number of rotatable bonds is 6. The Morgan fingerprint density at radius 1 is 1.10 bits per heavy atom. The predicted molar refractivity (Wildman–Crippen MR) is 110 cm³/mol. The Balaban J connectivity index is 1.50. The van der Waals surface area contributed by atoms with E-state index in [2.05, 4.69) is 4.90 Å². The van der Waals surface area contributed by atoms with Crippen molar-refractivity contribution < 1.29 is 24.0 Å². The number of amides is 1. The van der Waals surface area contributed by atoms with E-state index >= 15 is 0 Å². The Bertz CT molecular complexity index is 939. The minimum absolute atomic E-state index is 0.0160. The van der Waals surface area contributed by atoms with Crippen LogP contribution in [0.1, 0.15) is 10.4 Å². The number of carbonyl (C=O) groups excluding carboxylic acids is 2. The van der Waals surface area contributed by atoms with E-state index in [1.54, 1.807) is 12.0 Å². The summed E-state index contributed by atoms with van der Waals surface area (Å²) in [5.41, 5.74) is 6.41. The fraction of sp³-hybridized carbons (Fsp3) is 0.300. The van der Waals surface area contributed by atoms with Gasteiger partial charge in [-0.05, 0) is 30.3 Å². The van der Waals surface area contributed by atoms with E-state index in [1.165, 1.54) is 6.07 Å². The van der Waals surface area contributed by atoms with Gasteiger partial charge in [-0.25, -0.2) is 4.79 Å². The van der Waals surface area contributed by atoms with Gasteiger partial charge < -0.3 is 25.0 Å². The molecular weight excluding hydrogens is 392 g/mol. The summed E-state index contributed by atoms with van der Waals surface area (Å²) in [6, 6.07) is 11.2. The molecule has 0 radical (unpaired) electrons. The molecule has 10 heteroatoms. The van der Waals surface area contributed by atoms with Gasteiger partial charge in [0.1, 0.15) is 5.75 Å². The molecule has 2 aromatic rings. The van der Waals surface area contributed by atoms with Crippen molar-refractivity contribution in [1.82, 2.24) is 4.90 Å². The number of nitrogens with two attached hydrogens (primary N) is 1. The number of nitro groups is 1. The van der Waals surface area contributed by atoms with Crippen molar-refractivity contribution in [2.45, 2.75) is 0 Å². The summed E-state index contributed by atoms with van der Waals surface area (Å²) in [5, 5.41) is 10.7. The van der Waals surface area contributed by atoms with Crippen molar-refractivity contribution in [2.75, 3.05) is 50.5 Å². The van der Waals surface area contributed by atoms with Gasteiger partial charge in [0.25, 0.3) is 11.6 Å². The highest BCUT2D eigenvalue weighted by Gasteiger charge is 2.23. The van der Waals surface area contributed by atoms with Crippen molar-refractivity contribution >= 4 is 28.9 Å². The lowest BCUT2D eigenvalue weighted by molar-refractivity contribution is -0.384. The summed E-state index contributed by atoms with van der Waals surface area (Å²) < 4.78 is 10.2. The molecule has 10 nitrogen and oxygen atoms in total. The summed E-state index contributed by atoms with van der Waals surface area (Å²) >= 11 is 0. The molecule has 0 saturated carbocycles. The Labute approximate surface area is 172 Å². The first-order chi connectivity index (χ1) is 14.4. The van der Waals surface area contributed by atoms with Crippen molar-refractivity contribution in [2.24, 2.45) is 0 Å². The fourth-order valence-electron chi connectivity index (χ4n) is 3.15. The molecule has 1 fully saturated rings. The standard InChI is InChI=1S/C20H22N4O6/c1-29-16-5-2-14(3-6-16)22-8-10-23(11-9-22)19(25)13-30-20(26)17-7-4-15(24(27)28)12-18(17)21/h2-7,12H,8-11,13,21H2,1H3. The smallest absolute Gasteiger partial charge is 0.340 e. The van der Waals surface area contributed by atoms with Gasteiger partial charge in [-0.3, -0.25) is 14.9 Å². The molecule has 0 bridgehead atoms. The first kappa shape index (κ1) is 20.9. The lowest BCUT2D eigenvalue weighted by Gasteiger charge is -2.36. The largest absolute Gasteiger partial charge is 0.497 e. The quantitative estimate of drug-likeness (QED) is 0.327. The molecule has 0 spiro atoms. The van der Waals surface area contributed by atoms with Gasteiger partial charge in [0.05, 0.1) is 23.3 Å². The summed E-state index contributed by atoms with van der Waals surface area (Å²) in [6.07, 6.45) is 0. The van der Waals surface area contributed by atoms with E-state index < -0.39 is 17.5 Å². The summed E-state index contributed by atoms with van der Waals surface area (Å²) in [6.45, 7) is 1.89. The van der Waals surface area contributed by atoms with E-state index in [0.717, 1.165) is 23.6 Å². The number of methoxy groups -OCH3 is 1.